The summed E-state index contributed by atoms with van der Waals surface area (Å²) in [4.78, 5) is 11.0. The van der Waals surface area contributed by atoms with Gasteiger partial charge in [-0.3, -0.25) is 4.79 Å². The monoisotopic (exact) mass is 291 g/mol. The van der Waals surface area contributed by atoms with Gasteiger partial charge in [-0.15, -0.1) is 0 Å². The molecule has 0 radical (unpaired) electrons. The predicted octanol–water partition coefficient (Wildman–Crippen LogP) is 3.76. The number of nitrogens with two attached hydrogens (primary N) is 1. The Bertz CT molecular complexity index is 483. The van der Waals surface area contributed by atoms with Crippen molar-refractivity contribution in [2.75, 3.05) is 0 Å². The van der Waals surface area contributed by atoms with Crippen LogP contribution in [0.15, 0.2) is 12.1 Å². The summed E-state index contributed by atoms with van der Waals surface area (Å²) in [6, 6.07) is 4.46. The van der Waals surface area contributed by atoms with Gasteiger partial charge in [-0.2, -0.15) is 0 Å². The Morgan fingerprint density at radius 2 is 1.81 bits per heavy atom. The smallest absolute Gasteiger partial charge is 0.323 e. The molecule has 0 aromatic heterocycles. The molecule has 21 heavy (non-hydrogen) atoms. The minimum atomic E-state index is -1.12. The second-order valence-electron chi connectivity index (χ2n) is 6.80. The van der Waals surface area contributed by atoms with Crippen LogP contribution in [0.3, 0.4) is 0 Å². The van der Waals surface area contributed by atoms with Crippen molar-refractivity contribution in [3.63, 3.8) is 0 Å². The van der Waals surface area contributed by atoms with Crippen LogP contribution in [0.1, 0.15) is 55.4 Å². The Kier molecular flexibility index (Phi) is 5.97. The fourth-order valence-corrected chi connectivity index (χ4v) is 3.14. The summed E-state index contributed by atoms with van der Waals surface area (Å²) in [6.07, 6.45) is 3.65. The molecule has 0 saturated carbocycles. The van der Waals surface area contributed by atoms with E-state index in [-0.39, 0.29) is 0 Å². The number of aliphatic carboxylic acids is 1. The molecule has 0 aliphatic rings. The van der Waals surface area contributed by atoms with E-state index in [1.807, 2.05) is 0 Å². The lowest BCUT2D eigenvalue weighted by atomic mass is 9.87. The van der Waals surface area contributed by atoms with Gasteiger partial charge in [-0.1, -0.05) is 31.0 Å². The Labute approximate surface area is 128 Å². The average molecular weight is 291 g/mol. The molecule has 0 aliphatic heterocycles. The van der Waals surface area contributed by atoms with E-state index in [1.54, 1.807) is 6.92 Å². The van der Waals surface area contributed by atoms with E-state index in [9.17, 15) is 4.79 Å². The molecule has 3 heteroatoms. The molecule has 0 aliphatic carbocycles. The Morgan fingerprint density at radius 1 is 1.29 bits per heavy atom. The first-order valence-electron chi connectivity index (χ1n) is 7.72. The van der Waals surface area contributed by atoms with E-state index in [1.165, 1.54) is 22.3 Å². The largest absolute Gasteiger partial charge is 0.480 e. The van der Waals surface area contributed by atoms with Crippen molar-refractivity contribution < 1.29 is 9.90 Å². The van der Waals surface area contributed by atoms with Crippen molar-refractivity contribution in [3.8, 4) is 0 Å². The highest BCUT2D eigenvalue weighted by Gasteiger charge is 2.29. The maximum Gasteiger partial charge on any atom is 0.323 e. The van der Waals surface area contributed by atoms with Crippen LogP contribution >= 0.6 is 0 Å². The SMILES string of the molecule is Cc1cc(C)c(CCCC(C)CC(C)(N)C(=O)O)c(C)c1. The lowest BCUT2D eigenvalue weighted by molar-refractivity contribution is -0.143. The zero-order valence-electron chi connectivity index (χ0n) is 14.0. The molecule has 0 fully saturated rings. The number of carboxylic acids is 1. The highest BCUT2D eigenvalue weighted by Crippen LogP contribution is 2.23. The first kappa shape index (κ1) is 17.7. The van der Waals surface area contributed by atoms with Gasteiger partial charge in [0.15, 0.2) is 0 Å². The molecule has 0 heterocycles. The molecule has 1 rings (SSSR count). The van der Waals surface area contributed by atoms with Gasteiger partial charge in [0.25, 0.3) is 0 Å². The molecule has 1 aromatic rings. The first-order chi connectivity index (χ1) is 9.63. The van der Waals surface area contributed by atoms with E-state index in [0.29, 0.717) is 12.3 Å². The third-order valence-electron chi connectivity index (χ3n) is 4.23. The third-order valence-corrected chi connectivity index (χ3v) is 4.23. The molecule has 2 atom stereocenters. The molecule has 0 amide bonds. The second-order valence-corrected chi connectivity index (χ2v) is 6.80. The number of rotatable bonds is 7. The van der Waals surface area contributed by atoms with Crippen LogP contribution < -0.4 is 5.73 Å². The van der Waals surface area contributed by atoms with E-state index in [0.717, 1.165) is 19.3 Å². The van der Waals surface area contributed by atoms with Gasteiger partial charge in [0.2, 0.25) is 0 Å². The topological polar surface area (TPSA) is 63.3 Å². The number of hydrogen-bond acceptors (Lipinski definition) is 2. The fraction of sp³-hybridized carbons (Fsp3) is 0.611. The quantitative estimate of drug-likeness (QED) is 0.804. The molecule has 0 spiro atoms. The maximum atomic E-state index is 11.0. The van der Waals surface area contributed by atoms with Gasteiger partial charge in [0.05, 0.1) is 0 Å². The number of hydrogen-bond donors (Lipinski definition) is 2. The molecule has 2 unspecified atom stereocenters. The summed E-state index contributed by atoms with van der Waals surface area (Å²) in [5.41, 5.74) is 10.1. The van der Waals surface area contributed by atoms with Gasteiger partial charge in [-0.25, -0.2) is 0 Å². The van der Waals surface area contributed by atoms with Crippen LogP contribution in [-0.4, -0.2) is 16.6 Å². The Hall–Kier alpha value is -1.35. The van der Waals surface area contributed by atoms with Crippen LogP contribution in [0, 0.1) is 26.7 Å². The summed E-state index contributed by atoms with van der Waals surface area (Å²) in [5, 5.41) is 9.07. The Morgan fingerprint density at radius 3 is 2.29 bits per heavy atom. The van der Waals surface area contributed by atoms with Crippen LogP contribution in [0.5, 0.6) is 0 Å². The van der Waals surface area contributed by atoms with Crippen molar-refractivity contribution in [1.29, 1.82) is 0 Å². The van der Waals surface area contributed by atoms with Crippen molar-refractivity contribution in [3.05, 3.63) is 34.4 Å². The molecule has 118 valence electrons. The van der Waals surface area contributed by atoms with Crippen molar-refractivity contribution in [2.24, 2.45) is 11.7 Å². The molecule has 0 saturated heterocycles. The minimum absolute atomic E-state index is 0.321. The molecule has 3 N–H and O–H groups in total. The van der Waals surface area contributed by atoms with E-state index in [4.69, 9.17) is 10.8 Å². The molecular weight excluding hydrogens is 262 g/mol. The van der Waals surface area contributed by atoms with Crippen LogP contribution in [0.25, 0.3) is 0 Å². The van der Waals surface area contributed by atoms with Gasteiger partial charge in [0, 0.05) is 0 Å². The summed E-state index contributed by atoms with van der Waals surface area (Å²) < 4.78 is 0. The lowest BCUT2D eigenvalue weighted by Gasteiger charge is -2.23. The Balaban J connectivity index is 2.53. The average Bonchev–Trinajstić information content (AvgIpc) is 2.31. The second kappa shape index (κ2) is 7.08. The molecule has 3 nitrogen and oxygen atoms in total. The summed E-state index contributed by atoms with van der Waals surface area (Å²) in [6.45, 7) is 10.1. The van der Waals surface area contributed by atoms with Gasteiger partial charge in [-0.05, 0) is 69.6 Å². The maximum absolute atomic E-state index is 11.0. The van der Waals surface area contributed by atoms with Gasteiger partial charge in [0.1, 0.15) is 5.54 Å². The van der Waals surface area contributed by atoms with Crippen molar-refractivity contribution >= 4 is 5.97 Å². The zero-order chi connectivity index (χ0) is 16.2. The van der Waals surface area contributed by atoms with Crippen molar-refractivity contribution in [1.82, 2.24) is 0 Å². The minimum Gasteiger partial charge on any atom is -0.480 e. The first-order valence-corrected chi connectivity index (χ1v) is 7.72. The standard InChI is InChI=1S/C18H29NO2/c1-12(11-18(5,19)17(20)21)7-6-8-16-14(3)9-13(2)10-15(16)4/h9-10,12H,6-8,11,19H2,1-5H3,(H,20,21). The highest BCUT2D eigenvalue weighted by atomic mass is 16.4. The fourth-order valence-electron chi connectivity index (χ4n) is 3.14. The predicted molar refractivity (Wildman–Crippen MR) is 87.6 cm³/mol. The summed E-state index contributed by atoms with van der Waals surface area (Å²) in [7, 11) is 0. The molecular formula is C18H29NO2. The highest BCUT2D eigenvalue weighted by molar-refractivity contribution is 5.77. The lowest BCUT2D eigenvalue weighted by Crippen LogP contribution is -2.46. The van der Waals surface area contributed by atoms with E-state index < -0.39 is 11.5 Å². The summed E-state index contributed by atoms with van der Waals surface area (Å²) in [5.74, 6) is -0.596. The van der Waals surface area contributed by atoms with Gasteiger partial charge < -0.3 is 10.8 Å². The van der Waals surface area contributed by atoms with Crippen LogP contribution in [0.4, 0.5) is 0 Å². The van der Waals surface area contributed by atoms with Crippen molar-refractivity contribution in [2.45, 2.75) is 65.8 Å². The summed E-state index contributed by atoms with van der Waals surface area (Å²) >= 11 is 0. The molecule has 1 aromatic carbocycles. The third kappa shape index (κ3) is 5.16. The number of benzene rings is 1. The zero-order valence-corrected chi connectivity index (χ0v) is 14.0. The van der Waals surface area contributed by atoms with Gasteiger partial charge >= 0.3 is 5.97 Å². The normalized spacial score (nSPS) is 15.5. The molecule has 0 bridgehead atoms. The van der Waals surface area contributed by atoms with Crippen LogP contribution in [0.2, 0.25) is 0 Å². The number of carbonyl (C=O) groups is 1. The van der Waals surface area contributed by atoms with E-state index >= 15 is 0 Å². The van der Waals surface area contributed by atoms with E-state index in [2.05, 4.69) is 39.8 Å². The number of aryl methyl sites for hydroxylation is 3. The number of carboxylic acid groups (broad SMARTS) is 1. The van der Waals surface area contributed by atoms with Crippen LogP contribution in [-0.2, 0) is 11.2 Å².